The van der Waals surface area contributed by atoms with Crippen LogP contribution in [0.1, 0.15) is 0 Å². The standard InChI is InChI=1S/C50H35N3/c1-5-18-37(19-6-1)51(38-20-7-2-8-21-38)41-29-31-48-46(34-41)47-35-42(52(39-22-9-3-10-23-39)40-24-11-4-12-25-40)30-32-49(47)53(48)50-33-36-17-13-14-26-43(36)44-27-15-16-28-45(44)50/h1-35H. The minimum absolute atomic E-state index is 1.10. The van der Waals surface area contributed by atoms with Crippen LogP contribution in [0.25, 0.3) is 49.0 Å². The molecule has 0 aliphatic carbocycles. The van der Waals surface area contributed by atoms with Crippen LogP contribution in [0.15, 0.2) is 212 Å². The van der Waals surface area contributed by atoms with Crippen LogP contribution in [0.2, 0.25) is 0 Å². The van der Waals surface area contributed by atoms with Crippen molar-refractivity contribution in [3.05, 3.63) is 212 Å². The molecule has 0 saturated carbocycles. The van der Waals surface area contributed by atoms with E-state index in [-0.39, 0.29) is 0 Å². The molecule has 10 rings (SSSR count). The Morgan fingerprint density at radius 1 is 0.264 bits per heavy atom. The van der Waals surface area contributed by atoms with Crippen LogP contribution in [-0.4, -0.2) is 4.57 Å². The van der Waals surface area contributed by atoms with E-state index in [1.165, 1.54) is 38.0 Å². The highest BCUT2D eigenvalue weighted by Gasteiger charge is 2.21. The number of nitrogens with zero attached hydrogens (tertiary/aromatic N) is 3. The number of hydrogen-bond acceptors (Lipinski definition) is 2. The molecule has 250 valence electrons. The molecule has 0 spiro atoms. The van der Waals surface area contributed by atoms with Gasteiger partial charge in [0, 0.05) is 50.3 Å². The predicted molar refractivity (Wildman–Crippen MR) is 225 cm³/mol. The Labute approximate surface area is 308 Å². The van der Waals surface area contributed by atoms with Gasteiger partial charge < -0.3 is 14.4 Å². The third-order valence-corrected chi connectivity index (χ3v) is 10.3. The van der Waals surface area contributed by atoms with Crippen molar-refractivity contribution in [2.45, 2.75) is 0 Å². The van der Waals surface area contributed by atoms with E-state index in [2.05, 4.69) is 227 Å². The molecule has 53 heavy (non-hydrogen) atoms. The molecule has 0 radical (unpaired) electrons. The van der Waals surface area contributed by atoms with Gasteiger partial charge in [0.1, 0.15) is 0 Å². The Hall–Kier alpha value is -7.10. The average molecular weight is 678 g/mol. The van der Waals surface area contributed by atoms with Gasteiger partial charge in [-0.1, -0.05) is 121 Å². The maximum atomic E-state index is 2.47. The topological polar surface area (TPSA) is 11.4 Å². The van der Waals surface area contributed by atoms with Gasteiger partial charge in [-0.25, -0.2) is 0 Å². The van der Waals surface area contributed by atoms with E-state index in [1.807, 2.05) is 0 Å². The number of aromatic nitrogens is 1. The summed E-state index contributed by atoms with van der Waals surface area (Å²) in [5.74, 6) is 0. The number of para-hydroxylation sites is 4. The van der Waals surface area contributed by atoms with E-state index in [4.69, 9.17) is 0 Å². The summed E-state index contributed by atoms with van der Waals surface area (Å²) >= 11 is 0. The largest absolute Gasteiger partial charge is 0.310 e. The highest BCUT2D eigenvalue weighted by Crippen LogP contribution is 2.44. The lowest BCUT2D eigenvalue weighted by Gasteiger charge is -2.26. The van der Waals surface area contributed by atoms with Gasteiger partial charge in [-0.3, -0.25) is 0 Å². The second kappa shape index (κ2) is 12.9. The minimum Gasteiger partial charge on any atom is -0.310 e. The van der Waals surface area contributed by atoms with Gasteiger partial charge in [0.25, 0.3) is 0 Å². The molecular formula is C50H35N3. The molecule has 0 bridgehead atoms. The average Bonchev–Trinajstić information content (AvgIpc) is 3.55. The van der Waals surface area contributed by atoms with E-state index >= 15 is 0 Å². The molecular weight excluding hydrogens is 643 g/mol. The fourth-order valence-corrected chi connectivity index (χ4v) is 7.96. The molecule has 0 N–H and O–H groups in total. The summed E-state index contributed by atoms with van der Waals surface area (Å²) in [7, 11) is 0. The second-order valence-corrected chi connectivity index (χ2v) is 13.4. The first-order chi connectivity index (χ1) is 26.3. The van der Waals surface area contributed by atoms with Gasteiger partial charge in [-0.2, -0.15) is 0 Å². The van der Waals surface area contributed by atoms with E-state index in [0.717, 1.165) is 45.2 Å². The van der Waals surface area contributed by atoms with Gasteiger partial charge in [0.05, 0.1) is 16.7 Å². The molecule has 0 saturated heterocycles. The lowest BCUT2D eigenvalue weighted by Crippen LogP contribution is -2.09. The van der Waals surface area contributed by atoms with Gasteiger partial charge >= 0.3 is 0 Å². The van der Waals surface area contributed by atoms with Crippen molar-refractivity contribution in [1.29, 1.82) is 0 Å². The van der Waals surface area contributed by atoms with E-state index < -0.39 is 0 Å². The zero-order valence-electron chi connectivity index (χ0n) is 29.0. The zero-order chi connectivity index (χ0) is 35.1. The minimum atomic E-state index is 1.10. The Morgan fingerprint density at radius 2 is 0.642 bits per heavy atom. The van der Waals surface area contributed by atoms with Crippen molar-refractivity contribution < 1.29 is 0 Å². The molecule has 1 aromatic heterocycles. The maximum absolute atomic E-state index is 2.47. The number of benzene rings is 9. The molecule has 0 fully saturated rings. The molecule has 0 aliphatic rings. The highest BCUT2D eigenvalue weighted by molar-refractivity contribution is 6.16. The van der Waals surface area contributed by atoms with E-state index in [9.17, 15) is 0 Å². The van der Waals surface area contributed by atoms with E-state index in [1.54, 1.807) is 0 Å². The van der Waals surface area contributed by atoms with Gasteiger partial charge in [0.2, 0.25) is 0 Å². The van der Waals surface area contributed by atoms with Crippen molar-refractivity contribution in [2.75, 3.05) is 9.80 Å². The van der Waals surface area contributed by atoms with Crippen molar-refractivity contribution in [1.82, 2.24) is 4.57 Å². The summed E-state index contributed by atoms with van der Waals surface area (Å²) in [4.78, 5) is 4.69. The van der Waals surface area contributed by atoms with Crippen LogP contribution in [0, 0.1) is 0 Å². The Balaban J connectivity index is 1.28. The van der Waals surface area contributed by atoms with Crippen LogP contribution in [-0.2, 0) is 0 Å². The summed E-state index contributed by atoms with van der Waals surface area (Å²) in [6.45, 7) is 0. The van der Waals surface area contributed by atoms with Crippen LogP contribution in [0.3, 0.4) is 0 Å². The third-order valence-electron chi connectivity index (χ3n) is 10.3. The Morgan fingerprint density at radius 3 is 1.09 bits per heavy atom. The van der Waals surface area contributed by atoms with Crippen molar-refractivity contribution in [2.24, 2.45) is 0 Å². The normalized spacial score (nSPS) is 11.4. The van der Waals surface area contributed by atoms with Crippen LogP contribution < -0.4 is 9.80 Å². The molecule has 1 heterocycles. The fourth-order valence-electron chi connectivity index (χ4n) is 7.96. The lowest BCUT2D eigenvalue weighted by molar-refractivity contribution is 1.20. The van der Waals surface area contributed by atoms with Crippen LogP contribution in [0.5, 0.6) is 0 Å². The summed E-state index contributed by atoms with van der Waals surface area (Å²) < 4.78 is 2.47. The first kappa shape index (κ1) is 30.7. The lowest BCUT2D eigenvalue weighted by atomic mass is 10.00. The monoisotopic (exact) mass is 677 g/mol. The highest BCUT2D eigenvalue weighted by atomic mass is 15.1. The summed E-state index contributed by atoms with van der Waals surface area (Å²) in [5, 5.41) is 7.35. The quantitative estimate of drug-likeness (QED) is 0.156. The Kier molecular flexibility index (Phi) is 7.47. The van der Waals surface area contributed by atoms with Crippen LogP contribution >= 0.6 is 0 Å². The second-order valence-electron chi connectivity index (χ2n) is 13.4. The van der Waals surface area contributed by atoms with Crippen molar-refractivity contribution >= 4 is 77.5 Å². The van der Waals surface area contributed by atoms with Gasteiger partial charge in [-0.05, 0) is 107 Å². The van der Waals surface area contributed by atoms with Crippen molar-refractivity contribution in [3.63, 3.8) is 0 Å². The summed E-state index contributed by atoms with van der Waals surface area (Å²) in [6, 6.07) is 76.3. The Bertz CT molecular complexity index is 2660. The molecule has 0 unspecified atom stereocenters. The first-order valence-electron chi connectivity index (χ1n) is 18.1. The zero-order valence-corrected chi connectivity index (χ0v) is 29.0. The molecule has 9 aromatic carbocycles. The molecule has 0 aliphatic heterocycles. The number of rotatable bonds is 7. The SMILES string of the molecule is c1ccc(N(c2ccccc2)c2ccc3c(c2)c2cc(N(c4ccccc4)c4ccccc4)ccc2n3-c2cc3ccccc3c3ccccc23)cc1. The maximum Gasteiger partial charge on any atom is 0.0546 e. The molecule has 3 nitrogen and oxygen atoms in total. The number of fused-ring (bicyclic) bond motifs is 6. The molecule has 10 aromatic rings. The van der Waals surface area contributed by atoms with Crippen molar-refractivity contribution in [3.8, 4) is 5.69 Å². The van der Waals surface area contributed by atoms with E-state index in [0.29, 0.717) is 0 Å². The summed E-state index contributed by atoms with van der Waals surface area (Å²) in [5.41, 5.74) is 10.2. The predicted octanol–water partition coefficient (Wildman–Crippen LogP) is 14.0. The summed E-state index contributed by atoms with van der Waals surface area (Å²) in [6.07, 6.45) is 0. The molecule has 3 heteroatoms. The van der Waals surface area contributed by atoms with Crippen LogP contribution in [0.4, 0.5) is 34.1 Å². The molecule has 0 atom stereocenters. The van der Waals surface area contributed by atoms with Gasteiger partial charge in [0.15, 0.2) is 0 Å². The third kappa shape index (κ3) is 5.30. The first-order valence-corrected chi connectivity index (χ1v) is 18.1. The van der Waals surface area contributed by atoms with Gasteiger partial charge in [-0.15, -0.1) is 0 Å². The smallest absolute Gasteiger partial charge is 0.0546 e. The number of hydrogen-bond donors (Lipinski definition) is 0. The fraction of sp³-hybridized carbons (Fsp3) is 0. The molecule has 0 amide bonds. The number of anilines is 6.